The van der Waals surface area contributed by atoms with Crippen molar-refractivity contribution < 1.29 is 4.79 Å². The summed E-state index contributed by atoms with van der Waals surface area (Å²) in [5.74, 6) is 0.501. The molecule has 0 aromatic rings. The Bertz CT molecular complexity index is 212. The van der Waals surface area contributed by atoms with E-state index in [0.29, 0.717) is 18.4 Å². The van der Waals surface area contributed by atoms with Crippen LogP contribution in [0.3, 0.4) is 0 Å². The van der Waals surface area contributed by atoms with E-state index in [-0.39, 0.29) is 5.91 Å². The predicted octanol–water partition coefficient (Wildman–Crippen LogP) is 2.59. The normalized spacial score (nSPS) is 19.1. The second kappa shape index (κ2) is 8.51. The van der Waals surface area contributed by atoms with Crippen molar-refractivity contribution in [2.24, 2.45) is 11.7 Å². The van der Waals surface area contributed by atoms with Gasteiger partial charge in [0.05, 0.1) is 0 Å². The van der Waals surface area contributed by atoms with E-state index >= 15 is 0 Å². The number of amides is 1. The van der Waals surface area contributed by atoms with Crippen LogP contribution in [-0.2, 0) is 4.79 Å². The molecule has 1 amide bonds. The van der Waals surface area contributed by atoms with E-state index in [1.807, 2.05) is 0 Å². The monoisotopic (exact) mass is 240 g/mol. The fourth-order valence-corrected chi connectivity index (χ4v) is 2.82. The molecule has 3 heteroatoms. The zero-order valence-corrected chi connectivity index (χ0v) is 11.2. The van der Waals surface area contributed by atoms with Crippen LogP contribution in [0, 0.1) is 5.92 Å². The van der Waals surface area contributed by atoms with Gasteiger partial charge in [-0.25, -0.2) is 0 Å². The first-order chi connectivity index (χ1) is 8.24. The molecule has 0 saturated heterocycles. The first kappa shape index (κ1) is 14.5. The van der Waals surface area contributed by atoms with Crippen molar-refractivity contribution in [2.45, 2.75) is 70.8 Å². The number of nitrogens with two attached hydrogens (primary N) is 1. The standard InChI is InChI=1S/C14H28N2O/c1-2-3-7-10-16-13(11-14(15)17)12-8-5-4-6-9-12/h12-13,16H,2-11H2,1H3,(H2,15,17). The quantitative estimate of drug-likeness (QED) is 0.641. The lowest BCUT2D eigenvalue weighted by atomic mass is 9.82. The minimum Gasteiger partial charge on any atom is -0.370 e. The lowest BCUT2D eigenvalue weighted by Crippen LogP contribution is -2.40. The summed E-state index contributed by atoms with van der Waals surface area (Å²) in [4.78, 5) is 11.1. The molecule has 0 bridgehead atoms. The summed E-state index contributed by atoms with van der Waals surface area (Å²) in [6.45, 7) is 3.24. The van der Waals surface area contributed by atoms with Gasteiger partial charge in [0.25, 0.3) is 0 Å². The molecule has 1 fully saturated rings. The molecule has 0 aromatic carbocycles. The highest BCUT2D eigenvalue weighted by atomic mass is 16.1. The molecule has 1 rings (SSSR count). The lowest BCUT2D eigenvalue weighted by Gasteiger charge is -2.30. The maximum atomic E-state index is 11.1. The molecule has 100 valence electrons. The van der Waals surface area contributed by atoms with E-state index in [0.717, 1.165) is 6.54 Å². The van der Waals surface area contributed by atoms with Crippen molar-refractivity contribution in [1.29, 1.82) is 0 Å². The average Bonchev–Trinajstić information content (AvgIpc) is 2.34. The van der Waals surface area contributed by atoms with E-state index in [4.69, 9.17) is 5.73 Å². The van der Waals surface area contributed by atoms with E-state index in [1.165, 1.54) is 51.4 Å². The highest BCUT2D eigenvalue weighted by Gasteiger charge is 2.24. The van der Waals surface area contributed by atoms with Gasteiger partial charge in [0, 0.05) is 12.5 Å². The Kier molecular flexibility index (Phi) is 7.25. The van der Waals surface area contributed by atoms with E-state index < -0.39 is 0 Å². The Labute approximate surface area is 106 Å². The van der Waals surface area contributed by atoms with Gasteiger partial charge in [-0.1, -0.05) is 39.0 Å². The van der Waals surface area contributed by atoms with Gasteiger partial charge in [-0.2, -0.15) is 0 Å². The Morgan fingerprint density at radius 3 is 2.59 bits per heavy atom. The molecule has 1 aliphatic rings. The number of carbonyl (C=O) groups is 1. The summed E-state index contributed by atoms with van der Waals surface area (Å²) in [6, 6.07) is 0.324. The second-order valence-electron chi connectivity index (χ2n) is 5.34. The molecular formula is C14H28N2O. The first-order valence-electron chi connectivity index (χ1n) is 7.25. The zero-order valence-electron chi connectivity index (χ0n) is 11.2. The van der Waals surface area contributed by atoms with Crippen LogP contribution in [0.1, 0.15) is 64.7 Å². The number of rotatable bonds is 8. The maximum absolute atomic E-state index is 11.1. The van der Waals surface area contributed by atoms with Crippen molar-refractivity contribution in [3.8, 4) is 0 Å². The topological polar surface area (TPSA) is 55.1 Å². The molecule has 0 radical (unpaired) electrons. The van der Waals surface area contributed by atoms with Crippen molar-refractivity contribution in [1.82, 2.24) is 5.32 Å². The highest BCUT2D eigenvalue weighted by Crippen LogP contribution is 2.27. The molecule has 1 saturated carbocycles. The molecule has 1 atom stereocenters. The fraction of sp³-hybridized carbons (Fsp3) is 0.929. The number of carbonyl (C=O) groups excluding carboxylic acids is 1. The fourth-order valence-electron chi connectivity index (χ4n) is 2.82. The predicted molar refractivity (Wildman–Crippen MR) is 71.7 cm³/mol. The van der Waals surface area contributed by atoms with Crippen LogP contribution in [0.5, 0.6) is 0 Å². The number of unbranched alkanes of at least 4 members (excludes halogenated alkanes) is 2. The average molecular weight is 240 g/mol. The van der Waals surface area contributed by atoms with Gasteiger partial charge in [0.15, 0.2) is 0 Å². The molecule has 0 spiro atoms. The molecular weight excluding hydrogens is 212 g/mol. The molecule has 0 aromatic heterocycles. The molecule has 17 heavy (non-hydrogen) atoms. The third kappa shape index (κ3) is 6.06. The molecule has 1 unspecified atom stereocenters. The van der Waals surface area contributed by atoms with Gasteiger partial charge in [0.2, 0.25) is 5.91 Å². The van der Waals surface area contributed by atoms with Gasteiger partial charge >= 0.3 is 0 Å². The molecule has 0 aliphatic heterocycles. The van der Waals surface area contributed by atoms with Crippen LogP contribution in [0.4, 0.5) is 0 Å². The number of hydrogen-bond acceptors (Lipinski definition) is 2. The third-order valence-corrected chi connectivity index (χ3v) is 3.83. The van der Waals surface area contributed by atoms with Crippen LogP contribution in [0.25, 0.3) is 0 Å². The van der Waals surface area contributed by atoms with Crippen molar-refractivity contribution in [3.05, 3.63) is 0 Å². The third-order valence-electron chi connectivity index (χ3n) is 3.83. The summed E-state index contributed by atoms with van der Waals surface area (Å²) < 4.78 is 0. The van der Waals surface area contributed by atoms with Gasteiger partial charge < -0.3 is 11.1 Å². The Balaban J connectivity index is 2.33. The summed E-state index contributed by atoms with van der Waals surface area (Å²) in [7, 11) is 0. The van der Waals surface area contributed by atoms with Crippen LogP contribution >= 0.6 is 0 Å². The van der Waals surface area contributed by atoms with E-state index in [1.54, 1.807) is 0 Å². The second-order valence-corrected chi connectivity index (χ2v) is 5.34. The summed E-state index contributed by atoms with van der Waals surface area (Å²) >= 11 is 0. The van der Waals surface area contributed by atoms with Crippen LogP contribution < -0.4 is 11.1 Å². The van der Waals surface area contributed by atoms with Crippen LogP contribution in [0.15, 0.2) is 0 Å². The summed E-state index contributed by atoms with van der Waals surface area (Å²) in [6.07, 6.45) is 10.7. The van der Waals surface area contributed by atoms with Gasteiger partial charge in [0.1, 0.15) is 0 Å². The summed E-state index contributed by atoms with van der Waals surface area (Å²) in [5.41, 5.74) is 5.35. The van der Waals surface area contributed by atoms with Crippen molar-refractivity contribution >= 4 is 5.91 Å². The minimum absolute atomic E-state index is 0.163. The lowest BCUT2D eigenvalue weighted by molar-refractivity contribution is -0.118. The van der Waals surface area contributed by atoms with Gasteiger partial charge in [-0.05, 0) is 31.7 Å². The van der Waals surface area contributed by atoms with Crippen LogP contribution in [0.2, 0.25) is 0 Å². The molecule has 3 nitrogen and oxygen atoms in total. The number of primary amides is 1. The SMILES string of the molecule is CCCCCNC(CC(N)=O)C1CCCCC1. The Morgan fingerprint density at radius 2 is 2.00 bits per heavy atom. The van der Waals surface area contributed by atoms with Gasteiger partial charge in [-0.15, -0.1) is 0 Å². The largest absolute Gasteiger partial charge is 0.370 e. The Morgan fingerprint density at radius 1 is 1.29 bits per heavy atom. The zero-order chi connectivity index (χ0) is 12.5. The molecule has 1 aliphatic carbocycles. The smallest absolute Gasteiger partial charge is 0.218 e. The number of nitrogens with one attached hydrogen (secondary N) is 1. The van der Waals surface area contributed by atoms with E-state index in [2.05, 4.69) is 12.2 Å². The maximum Gasteiger partial charge on any atom is 0.218 e. The number of hydrogen-bond donors (Lipinski definition) is 2. The van der Waals surface area contributed by atoms with Gasteiger partial charge in [-0.3, -0.25) is 4.79 Å². The molecule has 3 N–H and O–H groups in total. The summed E-state index contributed by atoms with van der Waals surface area (Å²) in [5, 5.41) is 3.55. The molecule has 0 heterocycles. The van der Waals surface area contributed by atoms with Crippen molar-refractivity contribution in [3.63, 3.8) is 0 Å². The Hall–Kier alpha value is -0.570. The van der Waals surface area contributed by atoms with Crippen molar-refractivity contribution in [2.75, 3.05) is 6.54 Å². The first-order valence-corrected chi connectivity index (χ1v) is 7.25. The minimum atomic E-state index is -0.163. The van der Waals surface area contributed by atoms with E-state index in [9.17, 15) is 4.79 Å². The van der Waals surface area contributed by atoms with Crippen LogP contribution in [-0.4, -0.2) is 18.5 Å². The highest BCUT2D eigenvalue weighted by molar-refractivity contribution is 5.74.